The molecule has 0 unspecified atom stereocenters. The van der Waals surface area contributed by atoms with Crippen molar-refractivity contribution in [1.82, 2.24) is 4.98 Å². The van der Waals surface area contributed by atoms with Crippen LogP contribution in [-0.4, -0.2) is 4.98 Å². The average molecular weight is 276 g/mol. The van der Waals surface area contributed by atoms with Crippen LogP contribution in [-0.2, 0) is 12.8 Å². The van der Waals surface area contributed by atoms with Crippen LogP contribution in [0.25, 0.3) is 0 Å². The summed E-state index contributed by atoms with van der Waals surface area (Å²) in [5, 5.41) is 2.86. The number of pyridine rings is 1. The van der Waals surface area contributed by atoms with Crippen LogP contribution in [0.3, 0.4) is 0 Å². The third-order valence-electron chi connectivity index (χ3n) is 3.43. The molecule has 1 heterocycles. The number of aromatic nitrogens is 1. The van der Waals surface area contributed by atoms with Crippen molar-refractivity contribution in [1.29, 1.82) is 0 Å². The lowest BCUT2D eigenvalue weighted by Crippen LogP contribution is -2.12. The van der Waals surface area contributed by atoms with Gasteiger partial charge in [-0.2, -0.15) is 0 Å². The summed E-state index contributed by atoms with van der Waals surface area (Å²) in [6.45, 7) is 0. The number of anilines is 3. The fourth-order valence-corrected chi connectivity index (χ4v) is 2.44. The molecule has 20 heavy (non-hydrogen) atoms. The highest BCUT2D eigenvalue weighted by atomic mass is 19.1. The van der Waals surface area contributed by atoms with Crippen molar-refractivity contribution in [2.45, 2.75) is 19.3 Å². The van der Waals surface area contributed by atoms with E-state index in [2.05, 4.69) is 15.7 Å². The predicted molar refractivity (Wildman–Crippen MR) is 73.7 cm³/mol. The summed E-state index contributed by atoms with van der Waals surface area (Å²) < 4.78 is 27.0. The molecule has 4 nitrogen and oxygen atoms in total. The molecule has 3 rings (SSSR count). The first-order valence-electron chi connectivity index (χ1n) is 6.39. The van der Waals surface area contributed by atoms with Crippen LogP contribution in [0.5, 0.6) is 0 Å². The van der Waals surface area contributed by atoms with E-state index in [4.69, 9.17) is 5.84 Å². The van der Waals surface area contributed by atoms with Crippen molar-refractivity contribution >= 4 is 17.3 Å². The van der Waals surface area contributed by atoms with E-state index >= 15 is 0 Å². The molecule has 1 aliphatic carbocycles. The number of nitrogen functional groups attached to an aromatic ring is 1. The van der Waals surface area contributed by atoms with Gasteiger partial charge in [0.15, 0.2) is 23.3 Å². The summed E-state index contributed by atoms with van der Waals surface area (Å²) in [6.07, 6.45) is 3.25. The maximum atomic E-state index is 13.7. The third-order valence-corrected chi connectivity index (χ3v) is 3.43. The lowest BCUT2D eigenvalue weighted by atomic mass is 10.1. The number of halogens is 2. The van der Waals surface area contributed by atoms with Crippen molar-refractivity contribution in [3.8, 4) is 0 Å². The zero-order chi connectivity index (χ0) is 14.1. The highest BCUT2D eigenvalue weighted by Gasteiger charge is 2.14. The number of benzene rings is 1. The smallest absolute Gasteiger partial charge is 0.178 e. The molecule has 4 N–H and O–H groups in total. The van der Waals surface area contributed by atoms with E-state index in [1.807, 2.05) is 18.2 Å². The Balaban J connectivity index is 1.91. The largest absolute Gasteiger partial charge is 0.338 e. The zero-order valence-electron chi connectivity index (χ0n) is 10.7. The Kier molecular flexibility index (Phi) is 3.23. The fraction of sp³-hybridized carbons (Fsp3) is 0.214. The number of hydrogen-bond donors (Lipinski definition) is 3. The van der Waals surface area contributed by atoms with Crippen LogP contribution in [0.15, 0.2) is 24.3 Å². The first-order chi connectivity index (χ1) is 9.67. The standard InChI is InChI=1S/C14H14F2N4/c15-11-7-12(16)14(20-17)19-13(11)18-10-5-4-8-2-1-3-9(8)6-10/h4-7H,1-3,17H2,(H2,18,19,20). The quantitative estimate of drug-likeness (QED) is 0.596. The van der Waals surface area contributed by atoms with Gasteiger partial charge in [0.05, 0.1) is 0 Å². The Bertz CT molecular complexity index is 658. The Morgan fingerprint density at radius 2 is 1.75 bits per heavy atom. The van der Waals surface area contributed by atoms with Gasteiger partial charge in [-0.25, -0.2) is 19.6 Å². The second-order valence-electron chi connectivity index (χ2n) is 4.76. The second-order valence-corrected chi connectivity index (χ2v) is 4.76. The van der Waals surface area contributed by atoms with Crippen molar-refractivity contribution < 1.29 is 8.78 Å². The number of rotatable bonds is 3. The summed E-state index contributed by atoms with van der Waals surface area (Å²) in [5.74, 6) is 3.29. The number of hydrogen-bond acceptors (Lipinski definition) is 4. The summed E-state index contributed by atoms with van der Waals surface area (Å²) >= 11 is 0. The van der Waals surface area contributed by atoms with E-state index < -0.39 is 11.6 Å². The van der Waals surface area contributed by atoms with Crippen LogP contribution in [0, 0.1) is 11.6 Å². The maximum Gasteiger partial charge on any atom is 0.178 e. The van der Waals surface area contributed by atoms with Gasteiger partial charge in [0.2, 0.25) is 0 Å². The van der Waals surface area contributed by atoms with Gasteiger partial charge in [-0.05, 0) is 42.5 Å². The molecule has 0 fully saturated rings. The van der Waals surface area contributed by atoms with Crippen LogP contribution in [0.4, 0.5) is 26.1 Å². The second kappa shape index (κ2) is 5.05. The van der Waals surface area contributed by atoms with E-state index in [1.54, 1.807) is 0 Å². The molecule has 1 aromatic carbocycles. The minimum absolute atomic E-state index is 0.0581. The summed E-state index contributed by atoms with van der Waals surface area (Å²) in [5.41, 5.74) is 5.41. The molecule has 0 saturated heterocycles. The van der Waals surface area contributed by atoms with Crippen molar-refractivity contribution in [2.75, 3.05) is 10.7 Å². The van der Waals surface area contributed by atoms with Gasteiger partial charge in [0, 0.05) is 11.8 Å². The van der Waals surface area contributed by atoms with Gasteiger partial charge >= 0.3 is 0 Å². The Morgan fingerprint density at radius 1 is 1.00 bits per heavy atom. The molecule has 1 aromatic heterocycles. The maximum absolute atomic E-state index is 13.7. The number of fused-ring (bicyclic) bond motifs is 1. The number of nitrogens with zero attached hydrogens (tertiary/aromatic N) is 1. The van der Waals surface area contributed by atoms with Crippen LogP contribution in [0.1, 0.15) is 17.5 Å². The Morgan fingerprint density at radius 3 is 2.55 bits per heavy atom. The van der Waals surface area contributed by atoms with Crippen LogP contribution in [0.2, 0.25) is 0 Å². The van der Waals surface area contributed by atoms with Gasteiger partial charge in [-0.3, -0.25) is 0 Å². The fourth-order valence-electron chi connectivity index (χ4n) is 2.44. The van der Waals surface area contributed by atoms with Crippen molar-refractivity contribution in [3.63, 3.8) is 0 Å². The summed E-state index contributed by atoms with van der Waals surface area (Å²) in [7, 11) is 0. The molecule has 0 saturated carbocycles. The van der Waals surface area contributed by atoms with Gasteiger partial charge < -0.3 is 10.7 Å². The van der Waals surface area contributed by atoms with Gasteiger partial charge in [-0.15, -0.1) is 0 Å². The average Bonchev–Trinajstić information content (AvgIpc) is 2.89. The first-order valence-corrected chi connectivity index (χ1v) is 6.39. The number of hydrazine groups is 1. The van der Waals surface area contributed by atoms with Gasteiger partial charge in [0.25, 0.3) is 0 Å². The highest BCUT2D eigenvalue weighted by molar-refractivity contribution is 5.61. The van der Waals surface area contributed by atoms with Crippen molar-refractivity contribution in [3.05, 3.63) is 47.0 Å². The molecule has 6 heteroatoms. The number of nitrogens with one attached hydrogen (secondary N) is 2. The molecule has 0 bridgehead atoms. The highest BCUT2D eigenvalue weighted by Crippen LogP contribution is 2.27. The van der Waals surface area contributed by atoms with Crippen molar-refractivity contribution in [2.24, 2.45) is 5.84 Å². The number of nitrogens with two attached hydrogens (primary N) is 1. The van der Waals surface area contributed by atoms with E-state index in [-0.39, 0.29) is 11.6 Å². The van der Waals surface area contributed by atoms with E-state index in [9.17, 15) is 8.78 Å². The van der Waals surface area contributed by atoms with E-state index in [1.165, 1.54) is 11.1 Å². The van der Waals surface area contributed by atoms with E-state index in [0.29, 0.717) is 0 Å². The summed E-state index contributed by atoms with van der Waals surface area (Å²) in [4.78, 5) is 3.78. The van der Waals surface area contributed by atoms with Gasteiger partial charge in [-0.1, -0.05) is 6.07 Å². The van der Waals surface area contributed by atoms with Crippen LogP contribution >= 0.6 is 0 Å². The molecular formula is C14H14F2N4. The van der Waals surface area contributed by atoms with Crippen LogP contribution < -0.4 is 16.6 Å². The molecule has 104 valence electrons. The molecule has 0 spiro atoms. The molecule has 2 aromatic rings. The topological polar surface area (TPSA) is 63.0 Å². The van der Waals surface area contributed by atoms with E-state index in [0.717, 1.165) is 31.0 Å². The first kappa shape index (κ1) is 12.8. The third kappa shape index (κ3) is 2.30. The molecule has 0 aliphatic heterocycles. The predicted octanol–water partition coefficient (Wildman–Crippen LogP) is 2.88. The molecular weight excluding hydrogens is 262 g/mol. The SMILES string of the molecule is NNc1nc(Nc2ccc3c(c2)CCC3)c(F)cc1F. The summed E-state index contributed by atoms with van der Waals surface area (Å²) in [6, 6.07) is 6.61. The monoisotopic (exact) mass is 276 g/mol. The zero-order valence-corrected chi connectivity index (χ0v) is 10.7. The number of aryl methyl sites for hydroxylation is 2. The Hall–Kier alpha value is -2.21. The van der Waals surface area contributed by atoms with Gasteiger partial charge in [0.1, 0.15) is 0 Å². The molecule has 0 atom stereocenters. The molecule has 1 aliphatic rings. The lowest BCUT2D eigenvalue weighted by molar-refractivity contribution is 0.579. The molecule has 0 radical (unpaired) electrons. The lowest BCUT2D eigenvalue weighted by Gasteiger charge is -2.10. The molecule has 0 amide bonds. The Labute approximate surface area is 115 Å². The normalized spacial score (nSPS) is 13.2. The minimum Gasteiger partial charge on any atom is -0.338 e. The minimum atomic E-state index is -0.829.